The van der Waals surface area contributed by atoms with Gasteiger partial charge in [0.2, 0.25) is 0 Å². The van der Waals surface area contributed by atoms with Gasteiger partial charge in [-0.2, -0.15) is 0 Å². The summed E-state index contributed by atoms with van der Waals surface area (Å²) in [5.74, 6) is -1.56. The molecule has 0 saturated carbocycles. The Balaban J connectivity index is 3.59. The molecule has 1 amide bonds. The molecule has 0 aromatic carbocycles. The van der Waals surface area contributed by atoms with Crippen LogP contribution >= 0.6 is 12.2 Å². The number of nitrogens with two attached hydrogens (primary N) is 1. The lowest BCUT2D eigenvalue weighted by atomic mass is 10.2. The molecule has 0 aliphatic carbocycles. The Kier molecular flexibility index (Phi) is 8.93. The van der Waals surface area contributed by atoms with Crippen LogP contribution in [0, 0.1) is 0 Å². The number of ether oxygens (including phenoxy) is 2. The zero-order chi connectivity index (χ0) is 15.5. The Labute approximate surface area is 122 Å². The molecule has 0 radical (unpaired) electrons. The summed E-state index contributed by atoms with van der Waals surface area (Å²) in [4.78, 5) is 33.3. The Hall–Kier alpha value is -1.96. The molecule has 0 atom stereocenters. The number of unbranched alkanes of at least 4 members (excludes halogenated alkanes) is 1. The molecule has 3 N–H and O–H groups in total. The maximum atomic E-state index is 11.3. The van der Waals surface area contributed by atoms with Crippen LogP contribution in [0.2, 0.25) is 0 Å². The van der Waals surface area contributed by atoms with Gasteiger partial charge in [-0.3, -0.25) is 9.59 Å². The molecule has 0 rings (SSSR count). The summed E-state index contributed by atoms with van der Waals surface area (Å²) in [6.07, 6.45) is 1.14. The smallest absolute Gasteiger partial charge is 0.333 e. The highest BCUT2D eigenvalue weighted by molar-refractivity contribution is 7.80. The van der Waals surface area contributed by atoms with Gasteiger partial charge in [0.25, 0.3) is 5.91 Å². The molecular formula is C12H18N2O5S. The first-order valence-electron chi connectivity index (χ1n) is 5.90. The molecule has 0 fully saturated rings. The van der Waals surface area contributed by atoms with E-state index in [4.69, 9.17) is 10.5 Å². The van der Waals surface area contributed by atoms with Gasteiger partial charge in [0.15, 0.2) is 11.7 Å². The molecule has 0 saturated heterocycles. The molecule has 0 aliphatic heterocycles. The second kappa shape index (κ2) is 9.90. The molecule has 112 valence electrons. The van der Waals surface area contributed by atoms with Gasteiger partial charge >= 0.3 is 11.9 Å². The highest BCUT2D eigenvalue weighted by atomic mass is 32.1. The highest BCUT2D eigenvalue weighted by Crippen LogP contribution is 2.00. The minimum absolute atomic E-state index is 0.130. The van der Waals surface area contributed by atoms with E-state index >= 15 is 0 Å². The quantitative estimate of drug-likeness (QED) is 0.285. The summed E-state index contributed by atoms with van der Waals surface area (Å²) < 4.78 is 9.53. The summed E-state index contributed by atoms with van der Waals surface area (Å²) in [5, 5.41) is 1.95. The fraction of sp³-hybridized carbons (Fsp3) is 0.500. The molecule has 0 unspecified atom stereocenters. The van der Waals surface area contributed by atoms with Gasteiger partial charge < -0.3 is 20.5 Å². The van der Waals surface area contributed by atoms with Crippen LogP contribution in [-0.2, 0) is 23.9 Å². The van der Waals surface area contributed by atoms with Crippen molar-refractivity contribution in [3.63, 3.8) is 0 Å². The van der Waals surface area contributed by atoms with Crippen LogP contribution in [0.1, 0.15) is 26.2 Å². The Morgan fingerprint density at radius 2 is 1.90 bits per heavy atom. The van der Waals surface area contributed by atoms with E-state index < -0.39 is 24.5 Å². The summed E-state index contributed by atoms with van der Waals surface area (Å²) in [6.45, 7) is 4.77. The van der Waals surface area contributed by atoms with Gasteiger partial charge in [-0.15, -0.1) is 0 Å². The number of amides is 1. The van der Waals surface area contributed by atoms with Gasteiger partial charge in [-0.25, -0.2) is 4.79 Å². The fourth-order valence-electron chi connectivity index (χ4n) is 1.05. The number of hydrogen-bond acceptors (Lipinski definition) is 6. The van der Waals surface area contributed by atoms with Crippen molar-refractivity contribution < 1.29 is 23.9 Å². The monoisotopic (exact) mass is 302 g/mol. The van der Waals surface area contributed by atoms with Crippen LogP contribution in [0.15, 0.2) is 12.2 Å². The average Bonchev–Trinajstić information content (AvgIpc) is 2.34. The lowest BCUT2D eigenvalue weighted by molar-refractivity contribution is -0.148. The SMILES string of the molecule is C=C(C)C(=O)OCCCCC(=O)OCC(=O)NC(N)=S. The van der Waals surface area contributed by atoms with Crippen molar-refractivity contribution in [1.82, 2.24) is 5.32 Å². The molecule has 0 aromatic heterocycles. The van der Waals surface area contributed by atoms with Crippen molar-refractivity contribution >= 4 is 35.2 Å². The second-order valence-corrected chi connectivity index (χ2v) is 4.39. The van der Waals surface area contributed by atoms with Crippen LogP contribution in [0.5, 0.6) is 0 Å². The zero-order valence-corrected chi connectivity index (χ0v) is 12.1. The highest BCUT2D eigenvalue weighted by Gasteiger charge is 2.08. The Morgan fingerprint density at radius 3 is 2.45 bits per heavy atom. The van der Waals surface area contributed by atoms with Crippen molar-refractivity contribution in [3.05, 3.63) is 12.2 Å². The van der Waals surface area contributed by atoms with E-state index in [1.54, 1.807) is 6.92 Å². The lowest BCUT2D eigenvalue weighted by Gasteiger charge is -2.06. The third-order valence-electron chi connectivity index (χ3n) is 1.98. The Bertz CT molecular complexity index is 409. The molecule has 0 heterocycles. The number of rotatable bonds is 8. The molecule has 20 heavy (non-hydrogen) atoms. The first kappa shape index (κ1) is 18.0. The van der Waals surface area contributed by atoms with Crippen LogP contribution in [-0.4, -0.2) is 36.2 Å². The molecule has 7 nitrogen and oxygen atoms in total. The predicted molar refractivity (Wildman–Crippen MR) is 75.5 cm³/mol. The first-order valence-corrected chi connectivity index (χ1v) is 6.31. The molecule has 0 spiro atoms. The van der Waals surface area contributed by atoms with Crippen molar-refractivity contribution in [3.8, 4) is 0 Å². The van der Waals surface area contributed by atoms with Crippen molar-refractivity contribution in [2.24, 2.45) is 5.73 Å². The summed E-state index contributed by atoms with van der Waals surface area (Å²) in [6, 6.07) is 0. The van der Waals surface area contributed by atoms with Crippen LogP contribution in [0.3, 0.4) is 0 Å². The third kappa shape index (κ3) is 10.0. The normalized spacial score (nSPS) is 9.45. The minimum atomic E-state index is -0.582. The number of carbonyl (C=O) groups excluding carboxylic acids is 3. The maximum Gasteiger partial charge on any atom is 0.333 e. The molecule has 0 aromatic rings. The number of thiocarbonyl (C=S) groups is 1. The standard InChI is InChI=1S/C12H18N2O5S/c1-8(2)11(17)18-6-4-3-5-10(16)19-7-9(15)14-12(13)20/h1,3-7H2,2H3,(H3,13,14,15,20). The summed E-state index contributed by atoms with van der Waals surface area (Å²) in [5.41, 5.74) is 5.40. The largest absolute Gasteiger partial charge is 0.462 e. The lowest BCUT2D eigenvalue weighted by Crippen LogP contribution is -2.37. The maximum absolute atomic E-state index is 11.3. The van der Waals surface area contributed by atoms with Gasteiger partial charge in [0, 0.05) is 12.0 Å². The zero-order valence-electron chi connectivity index (χ0n) is 11.3. The Morgan fingerprint density at radius 1 is 1.25 bits per heavy atom. The van der Waals surface area contributed by atoms with E-state index in [0.29, 0.717) is 18.4 Å². The van der Waals surface area contributed by atoms with Gasteiger partial charge in [0.05, 0.1) is 6.61 Å². The van der Waals surface area contributed by atoms with E-state index in [9.17, 15) is 14.4 Å². The van der Waals surface area contributed by atoms with Crippen molar-refractivity contribution in [2.45, 2.75) is 26.2 Å². The van der Waals surface area contributed by atoms with E-state index in [2.05, 4.69) is 28.9 Å². The van der Waals surface area contributed by atoms with E-state index in [0.717, 1.165) is 0 Å². The van der Waals surface area contributed by atoms with E-state index in [-0.39, 0.29) is 18.1 Å². The predicted octanol–water partition coefficient (Wildman–Crippen LogP) is 0.179. The van der Waals surface area contributed by atoms with Gasteiger partial charge in [-0.1, -0.05) is 6.58 Å². The number of hydrogen-bond donors (Lipinski definition) is 2. The fourth-order valence-corrected chi connectivity index (χ4v) is 1.17. The van der Waals surface area contributed by atoms with E-state index in [1.807, 2.05) is 0 Å². The third-order valence-corrected chi connectivity index (χ3v) is 2.09. The number of nitrogens with one attached hydrogen (secondary N) is 1. The van der Waals surface area contributed by atoms with Gasteiger partial charge in [-0.05, 0) is 32.0 Å². The molecule has 0 aliphatic rings. The van der Waals surface area contributed by atoms with Gasteiger partial charge in [0.1, 0.15) is 0 Å². The number of esters is 2. The molecule has 0 bridgehead atoms. The van der Waals surface area contributed by atoms with Crippen molar-refractivity contribution in [1.29, 1.82) is 0 Å². The minimum Gasteiger partial charge on any atom is -0.462 e. The number of carbonyl (C=O) groups is 3. The molecular weight excluding hydrogens is 284 g/mol. The average molecular weight is 302 g/mol. The van der Waals surface area contributed by atoms with Crippen molar-refractivity contribution in [2.75, 3.05) is 13.2 Å². The first-order chi connectivity index (χ1) is 9.32. The van der Waals surface area contributed by atoms with Crippen LogP contribution in [0.25, 0.3) is 0 Å². The second-order valence-electron chi connectivity index (χ2n) is 3.95. The van der Waals surface area contributed by atoms with Crippen LogP contribution < -0.4 is 11.1 Å². The topological polar surface area (TPSA) is 108 Å². The summed E-state index contributed by atoms with van der Waals surface area (Å²) >= 11 is 4.45. The molecule has 8 heteroatoms. The van der Waals surface area contributed by atoms with Crippen LogP contribution in [0.4, 0.5) is 0 Å². The van der Waals surface area contributed by atoms with E-state index in [1.165, 1.54) is 0 Å². The summed E-state index contributed by atoms with van der Waals surface area (Å²) in [7, 11) is 0.